The van der Waals surface area contributed by atoms with Gasteiger partial charge in [-0.05, 0) is 36.6 Å². The molecule has 3 rings (SSSR count). The van der Waals surface area contributed by atoms with E-state index in [2.05, 4.69) is 4.98 Å². The molecule has 1 aliphatic heterocycles. The molecule has 0 saturated carbocycles. The van der Waals surface area contributed by atoms with Crippen molar-refractivity contribution in [2.24, 2.45) is 5.92 Å². The fraction of sp³-hybridized carbons (Fsp3) is 0.429. The SMILES string of the molecule is Cc1cc(C2=CCCN(C(=O)C(C)C)C2)c(F)c2[nH]c(C(=O)N(C)C)cc12. The Morgan fingerprint density at radius 2 is 1.96 bits per heavy atom. The average molecular weight is 371 g/mol. The molecule has 0 fully saturated rings. The standard InChI is InChI=1S/C21H26FN3O2/c1-12(2)20(26)25-8-6-7-14(11-25)16-9-13(3)15-10-17(21(27)24(4)5)23-19(15)18(16)22/h7,9-10,12,23H,6,8,11H2,1-5H3. The van der Waals surface area contributed by atoms with Crippen LogP contribution in [0.3, 0.4) is 0 Å². The van der Waals surface area contributed by atoms with Crippen molar-refractivity contribution in [3.05, 3.63) is 40.8 Å². The summed E-state index contributed by atoms with van der Waals surface area (Å²) in [7, 11) is 3.32. The molecule has 0 radical (unpaired) electrons. The number of halogens is 1. The van der Waals surface area contributed by atoms with E-state index >= 15 is 4.39 Å². The van der Waals surface area contributed by atoms with Gasteiger partial charge in [0.1, 0.15) is 5.69 Å². The largest absolute Gasteiger partial charge is 0.348 e. The molecule has 0 spiro atoms. The van der Waals surface area contributed by atoms with Crippen LogP contribution >= 0.6 is 0 Å². The summed E-state index contributed by atoms with van der Waals surface area (Å²) >= 11 is 0. The van der Waals surface area contributed by atoms with E-state index in [9.17, 15) is 9.59 Å². The van der Waals surface area contributed by atoms with Gasteiger partial charge in [-0.3, -0.25) is 9.59 Å². The fourth-order valence-corrected chi connectivity index (χ4v) is 3.51. The predicted molar refractivity (Wildman–Crippen MR) is 105 cm³/mol. The number of hydrogen-bond donors (Lipinski definition) is 1. The Hall–Kier alpha value is -2.63. The van der Waals surface area contributed by atoms with E-state index < -0.39 is 0 Å². The van der Waals surface area contributed by atoms with Crippen LogP contribution in [0.4, 0.5) is 4.39 Å². The van der Waals surface area contributed by atoms with Crippen molar-refractivity contribution >= 4 is 28.3 Å². The molecule has 0 bridgehead atoms. The number of carbonyl (C=O) groups is 2. The monoisotopic (exact) mass is 371 g/mol. The van der Waals surface area contributed by atoms with Gasteiger partial charge >= 0.3 is 0 Å². The van der Waals surface area contributed by atoms with Gasteiger partial charge in [0.25, 0.3) is 5.91 Å². The summed E-state index contributed by atoms with van der Waals surface area (Å²) in [5.74, 6) is -0.574. The van der Waals surface area contributed by atoms with Gasteiger partial charge < -0.3 is 14.8 Å². The van der Waals surface area contributed by atoms with Crippen molar-refractivity contribution in [1.82, 2.24) is 14.8 Å². The van der Waals surface area contributed by atoms with Crippen molar-refractivity contribution in [1.29, 1.82) is 0 Å². The number of hydrogen-bond acceptors (Lipinski definition) is 2. The highest BCUT2D eigenvalue weighted by Gasteiger charge is 2.24. The lowest BCUT2D eigenvalue weighted by atomic mass is 9.96. The van der Waals surface area contributed by atoms with Crippen molar-refractivity contribution < 1.29 is 14.0 Å². The number of rotatable bonds is 3. The van der Waals surface area contributed by atoms with Gasteiger partial charge in [-0.2, -0.15) is 0 Å². The van der Waals surface area contributed by atoms with E-state index in [-0.39, 0.29) is 23.5 Å². The maximum Gasteiger partial charge on any atom is 0.269 e. The summed E-state index contributed by atoms with van der Waals surface area (Å²) in [4.78, 5) is 30.7. The molecule has 144 valence electrons. The van der Waals surface area contributed by atoms with Crippen LogP contribution in [0.2, 0.25) is 0 Å². The van der Waals surface area contributed by atoms with E-state index in [4.69, 9.17) is 0 Å². The Kier molecular flexibility index (Phi) is 5.09. The molecule has 2 amide bonds. The van der Waals surface area contributed by atoms with Gasteiger partial charge in [0.05, 0.1) is 5.52 Å². The first kappa shape index (κ1) is 19.1. The van der Waals surface area contributed by atoms with Crippen molar-refractivity contribution in [3.8, 4) is 0 Å². The number of benzene rings is 1. The Bertz CT molecular complexity index is 941. The average Bonchev–Trinajstić information content (AvgIpc) is 3.09. The molecule has 6 heteroatoms. The molecule has 2 heterocycles. The molecule has 0 aliphatic carbocycles. The molecule has 1 aromatic heterocycles. The molecule has 1 N–H and O–H groups in total. The number of H-pyrrole nitrogens is 1. The molecule has 1 aliphatic rings. The van der Waals surface area contributed by atoms with Crippen LogP contribution in [-0.2, 0) is 4.79 Å². The van der Waals surface area contributed by atoms with Gasteiger partial charge in [0, 0.05) is 44.1 Å². The van der Waals surface area contributed by atoms with Gasteiger partial charge in [0.2, 0.25) is 5.91 Å². The van der Waals surface area contributed by atoms with Crippen molar-refractivity contribution in [3.63, 3.8) is 0 Å². The first-order valence-corrected chi connectivity index (χ1v) is 9.22. The molecule has 0 atom stereocenters. The third-order valence-corrected chi connectivity index (χ3v) is 5.00. The summed E-state index contributed by atoms with van der Waals surface area (Å²) in [6, 6.07) is 3.51. The molecule has 2 aromatic rings. The van der Waals surface area contributed by atoms with Gasteiger partial charge in [-0.15, -0.1) is 0 Å². The highest BCUT2D eigenvalue weighted by Crippen LogP contribution is 2.31. The van der Waals surface area contributed by atoms with E-state index in [1.54, 1.807) is 25.1 Å². The maximum absolute atomic E-state index is 15.3. The number of aromatic amines is 1. The van der Waals surface area contributed by atoms with Crippen LogP contribution in [0.1, 0.15) is 41.9 Å². The fourth-order valence-electron chi connectivity index (χ4n) is 3.51. The van der Waals surface area contributed by atoms with Gasteiger partial charge in [-0.1, -0.05) is 19.9 Å². The maximum atomic E-state index is 15.3. The molecule has 27 heavy (non-hydrogen) atoms. The van der Waals surface area contributed by atoms with Crippen LogP contribution in [-0.4, -0.2) is 53.8 Å². The Balaban J connectivity index is 2.03. The minimum absolute atomic E-state index is 0.0811. The molecule has 0 saturated heterocycles. The summed E-state index contributed by atoms with van der Waals surface area (Å²) in [6.45, 7) is 6.72. The number of fused-ring (bicyclic) bond motifs is 1. The summed E-state index contributed by atoms with van der Waals surface area (Å²) in [6.07, 6.45) is 2.71. The number of aryl methyl sites for hydroxylation is 1. The lowest BCUT2D eigenvalue weighted by Gasteiger charge is -2.29. The van der Waals surface area contributed by atoms with Crippen LogP contribution in [0.5, 0.6) is 0 Å². The van der Waals surface area contributed by atoms with Gasteiger partial charge in [-0.25, -0.2) is 4.39 Å². The Labute approximate surface area is 158 Å². The second-order valence-electron chi connectivity index (χ2n) is 7.66. The van der Waals surface area contributed by atoms with Crippen LogP contribution < -0.4 is 0 Å². The van der Waals surface area contributed by atoms with Gasteiger partial charge in [0.15, 0.2) is 5.82 Å². The number of nitrogens with one attached hydrogen (secondary N) is 1. The topological polar surface area (TPSA) is 56.4 Å². The molecule has 5 nitrogen and oxygen atoms in total. The van der Waals surface area contributed by atoms with Crippen LogP contribution in [0.25, 0.3) is 16.5 Å². The second kappa shape index (κ2) is 7.18. The number of aromatic nitrogens is 1. The quantitative estimate of drug-likeness (QED) is 0.896. The first-order valence-electron chi connectivity index (χ1n) is 9.22. The van der Waals surface area contributed by atoms with E-state index in [0.717, 1.165) is 11.1 Å². The summed E-state index contributed by atoms with van der Waals surface area (Å²) in [5, 5.41) is 0.702. The molecular weight excluding hydrogens is 345 g/mol. The van der Waals surface area contributed by atoms with Crippen LogP contribution in [0.15, 0.2) is 18.2 Å². The zero-order chi connectivity index (χ0) is 19.9. The van der Waals surface area contributed by atoms with Crippen LogP contribution in [0, 0.1) is 18.7 Å². The summed E-state index contributed by atoms with van der Waals surface area (Å²) in [5.41, 5.74) is 2.90. The normalized spacial score (nSPS) is 14.6. The number of nitrogens with zero attached hydrogens (tertiary/aromatic N) is 2. The zero-order valence-corrected chi connectivity index (χ0v) is 16.5. The minimum Gasteiger partial charge on any atom is -0.348 e. The smallest absolute Gasteiger partial charge is 0.269 e. The second-order valence-corrected chi connectivity index (χ2v) is 7.66. The third-order valence-electron chi connectivity index (χ3n) is 5.00. The Morgan fingerprint density at radius 1 is 1.26 bits per heavy atom. The minimum atomic E-state index is -0.376. The third kappa shape index (κ3) is 3.48. The highest BCUT2D eigenvalue weighted by molar-refractivity contribution is 5.99. The van der Waals surface area contributed by atoms with Crippen molar-refractivity contribution in [2.75, 3.05) is 27.2 Å². The molecule has 1 aromatic carbocycles. The van der Waals surface area contributed by atoms with E-state index in [0.29, 0.717) is 41.7 Å². The van der Waals surface area contributed by atoms with E-state index in [1.807, 2.05) is 32.9 Å². The first-order chi connectivity index (χ1) is 12.7. The Morgan fingerprint density at radius 3 is 2.59 bits per heavy atom. The highest BCUT2D eigenvalue weighted by atomic mass is 19.1. The van der Waals surface area contributed by atoms with Crippen molar-refractivity contribution in [2.45, 2.75) is 27.2 Å². The summed E-state index contributed by atoms with van der Waals surface area (Å²) < 4.78 is 15.3. The number of amides is 2. The predicted octanol–water partition coefficient (Wildman–Crippen LogP) is 3.59. The zero-order valence-electron chi connectivity index (χ0n) is 16.5. The van der Waals surface area contributed by atoms with E-state index in [1.165, 1.54) is 4.90 Å². The molecular formula is C21H26FN3O2. The molecule has 0 unspecified atom stereocenters. The lowest BCUT2D eigenvalue weighted by molar-refractivity contribution is -0.133. The number of carbonyl (C=O) groups excluding carboxylic acids is 2. The lowest BCUT2D eigenvalue weighted by Crippen LogP contribution is -2.38.